The van der Waals surface area contributed by atoms with E-state index >= 15 is 0 Å². The molecular formula is C20H35FIN5. The zero-order chi connectivity index (χ0) is 18.9. The van der Waals surface area contributed by atoms with E-state index in [-0.39, 0.29) is 29.8 Å². The van der Waals surface area contributed by atoms with Crippen molar-refractivity contribution < 1.29 is 4.39 Å². The second-order valence-electron chi connectivity index (χ2n) is 7.37. The van der Waals surface area contributed by atoms with Gasteiger partial charge in [0, 0.05) is 45.8 Å². The number of piperazine rings is 1. The molecule has 1 fully saturated rings. The van der Waals surface area contributed by atoms with E-state index in [1.165, 1.54) is 6.07 Å². The molecule has 0 bridgehead atoms. The number of hydrogen-bond acceptors (Lipinski definition) is 3. The molecule has 1 unspecified atom stereocenters. The van der Waals surface area contributed by atoms with Crippen molar-refractivity contribution in [1.29, 1.82) is 0 Å². The normalized spacial score (nSPS) is 17.3. The summed E-state index contributed by atoms with van der Waals surface area (Å²) in [7, 11) is 2.18. The van der Waals surface area contributed by atoms with Crippen molar-refractivity contribution in [3.63, 3.8) is 0 Å². The number of rotatable bonds is 7. The Balaban J connectivity index is 0.00000364. The van der Waals surface area contributed by atoms with Crippen LogP contribution in [0.1, 0.15) is 25.0 Å². The molecule has 1 atom stereocenters. The predicted molar refractivity (Wildman–Crippen MR) is 122 cm³/mol. The van der Waals surface area contributed by atoms with Gasteiger partial charge in [0.25, 0.3) is 0 Å². The van der Waals surface area contributed by atoms with Crippen molar-refractivity contribution in [2.75, 3.05) is 52.9 Å². The standard InChI is InChI=1S/C20H34FN5.HI/c1-5-22-20(24-14-18-6-7-19(21)17(3)12-18)23-13-16(2)15-26-10-8-25(4)9-11-26;/h6-7,12,16H,5,8-11,13-15H2,1-4H3,(H2,22,23,24);1H. The Morgan fingerprint density at radius 1 is 1.22 bits per heavy atom. The molecule has 1 aromatic rings. The number of likely N-dealkylation sites (N-methyl/N-ethyl adjacent to an activating group) is 1. The third-order valence-corrected chi connectivity index (χ3v) is 4.77. The van der Waals surface area contributed by atoms with Crippen LogP contribution in [0.15, 0.2) is 23.2 Å². The molecule has 0 radical (unpaired) electrons. The smallest absolute Gasteiger partial charge is 0.191 e. The van der Waals surface area contributed by atoms with Crippen LogP contribution < -0.4 is 10.6 Å². The van der Waals surface area contributed by atoms with Gasteiger partial charge in [0.2, 0.25) is 0 Å². The molecule has 1 aliphatic heterocycles. The molecule has 0 aromatic heterocycles. The van der Waals surface area contributed by atoms with Gasteiger partial charge in [-0.2, -0.15) is 0 Å². The Labute approximate surface area is 180 Å². The molecule has 27 heavy (non-hydrogen) atoms. The summed E-state index contributed by atoms with van der Waals surface area (Å²) >= 11 is 0. The van der Waals surface area contributed by atoms with Crippen molar-refractivity contribution in [1.82, 2.24) is 20.4 Å². The highest BCUT2D eigenvalue weighted by molar-refractivity contribution is 14.0. The van der Waals surface area contributed by atoms with Crippen LogP contribution in [-0.4, -0.2) is 68.6 Å². The minimum Gasteiger partial charge on any atom is -0.357 e. The highest BCUT2D eigenvalue weighted by Crippen LogP contribution is 2.10. The summed E-state index contributed by atoms with van der Waals surface area (Å²) in [5.74, 6) is 1.20. The topological polar surface area (TPSA) is 42.9 Å². The number of aliphatic imine (C=N–C) groups is 1. The number of hydrogen-bond donors (Lipinski definition) is 2. The van der Waals surface area contributed by atoms with Crippen LogP contribution >= 0.6 is 24.0 Å². The average molecular weight is 491 g/mol. The lowest BCUT2D eigenvalue weighted by molar-refractivity contribution is 0.139. The van der Waals surface area contributed by atoms with E-state index in [2.05, 4.69) is 46.3 Å². The zero-order valence-electron chi connectivity index (χ0n) is 17.1. The molecular weight excluding hydrogens is 456 g/mol. The van der Waals surface area contributed by atoms with E-state index in [1.807, 2.05) is 6.07 Å². The van der Waals surface area contributed by atoms with Gasteiger partial charge < -0.3 is 20.4 Å². The summed E-state index contributed by atoms with van der Waals surface area (Å²) in [6, 6.07) is 5.17. The van der Waals surface area contributed by atoms with E-state index < -0.39 is 0 Å². The minimum absolute atomic E-state index is 0. The SMILES string of the molecule is CCNC(=NCc1ccc(F)c(C)c1)NCC(C)CN1CCN(C)CC1.I. The average Bonchev–Trinajstić information content (AvgIpc) is 2.62. The molecule has 0 aliphatic carbocycles. The van der Waals surface area contributed by atoms with E-state index in [4.69, 9.17) is 0 Å². The number of nitrogens with zero attached hydrogens (tertiary/aromatic N) is 3. The molecule has 1 heterocycles. The van der Waals surface area contributed by atoms with Crippen LogP contribution in [0.5, 0.6) is 0 Å². The van der Waals surface area contributed by atoms with Crippen LogP contribution in [0, 0.1) is 18.7 Å². The predicted octanol–water partition coefficient (Wildman–Crippen LogP) is 2.69. The van der Waals surface area contributed by atoms with Crippen LogP contribution in [0.3, 0.4) is 0 Å². The first-order valence-electron chi connectivity index (χ1n) is 9.66. The van der Waals surface area contributed by atoms with Gasteiger partial charge in [0.15, 0.2) is 5.96 Å². The summed E-state index contributed by atoms with van der Waals surface area (Å²) in [5.41, 5.74) is 1.68. The molecule has 1 aromatic carbocycles. The Hall–Kier alpha value is -0.930. The Bertz CT molecular complexity index is 588. The molecule has 1 saturated heterocycles. The van der Waals surface area contributed by atoms with E-state index in [9.17, 15) is 4.39 Å². The highest BCUT2D eigenvalue weighted by Gasteiger charge is 2.16. The quantitative estimate of drug-likeness (QED) is 0.350. The second-order valence-corrected chi connectivity index (χ2v) is 7.37. The first-order chi connectivity index (χ1) is 12.5. The molecule has 2 rings (SSSR count). The fourth-order valence-corrected chi connectivity index (χ4v) is 3.12. The van der Waals surface area contributed by atoms with Gasteiger partial charge in [0.1, 0.15) is 5.82 Å². The van der Waals surface area contributed by atoms with Crippen LogP contribution in [-0.2, 0) is 6.54 Å². The van der Waals surface area contributed by atoms with Crippen LogP contribution in [0.25, 0.3) is 0 Å². The summed E-state index contributed by atoms with van der Waals surface area (Å²) in [6.07, 6.45) is 0. The number of guanidine groups is 1. The first-order valence-corrected chi connectivity index (χ1v) is 9.66. The fraction of sp³-hybridized carbons (Fsp3) is 0.650. The number of aryl methyl sites for hydroxylation is 1. The number of halogens is 2. The minimum atomic E-state index is -0.166. The highest BCUT2D eigenvalue weighted by atomic mass is 127. The van der Waals surface area contributed by atoms with Gasteiger partial charge in [-0.1, -0.05) is 19.1 Å². The monoisotopic (exact) mass is 491 g/mol. The molecule has 0 saturated carbocycles. The van der Waals surface area contributed by atoms with Gasteiger partial charge in [-0.05, 0) is 44.0 Å². The lowest BCUT2D eigenvalue weighted by atomic mass is 10.1. The number of benzene rings is 1. The molecule has 2 N–H and O–H groups in total. The largest absolute Gasteiger partial charge is 0.357 e. The van der Waals surface area contributed by atoms with Crippen molar-refractivity contribution in [3.05, 3.63) is 35.1 Å². The Morgan fingerprint density at radius 2 is 1.93 bits per heavy atom. The molecule has 0 spiro atoms. The van der Waals surface area contributed by atoms with Gasteiger partial charge in [-0.3, -0.25) is 0 Å². The van der Waals surface area contributed by atoms with Crippen molar-refractivity contribution >= 4 is 29.9 Å². The Kier molecular flexibility index (Phi) is 11.2. The van der Waals surface area contributed by atoms with Crippen molar-refractivity contribution in [2.45, 2.75) is 27.3 Å². The molecule has 0 amide bonds. The third-order valence-electron chi connectivity index (χ3n) is 4.77. The maximum absolute atomic E-state index is 13.4. The zero-order valence-corrected chi connectivity index (χ0v) is 19.4. The summed E-state index contributed by atoms with van der Waals surface area (Å²) in [5, 5.41) is 6.73. The van der Waals surface area contributed by atoms with E-state index in [1.54, 1.807) is 13.0 Å². The Morgan fingerprint density at radius 3 is 2.56 bits per heavy atom. The number of nitrogens with one attached hydrogen (secondary N) is 2. The van der Waals surface area contributed by atoms with Crippen molar-refractivity contribution in [2.24, 2.45) is 10.9 Å². The summed E-state index contributed by atoms with van der Waals surface area (Å²) in [4.78, 5) is 9.56. The van der Waals surface area contributed by atoms with Gasteiger partial charge in [-0.25, -0.2) is 9.38 Å². The van der Waals surface area contributed by atoms with E-state index in [0.29, 0.717) is 18.0 Å². The maximum atomic E-state index is 13.4. The fourth-order valence-electron chi connectivity index (χ4n) is 3.12. The van der Waals surface area contributed by atoms with Gasteiger partial charge in [-0.15, -0.1) is 24.0 Å². The maximum Gasteiger partial charge on any atom is 0.191 e. The summed E-state index contributed by atoms with van der Waals surface area (Å²) < 4.78 is 13.4. The lowest BCUT2D eigenvalue weighted by Gasteiger charge is -2.34. The van der Waals surface area contributed by atoms with Gasteiger partial charge >= 0.3 is 0 Å². The van der Waals surface area contributed by atoms with Crippen LogP contribution in [0.2, 0.25) is 0 Å². The molecule has 1 aliphatic rings. The van der Waals surface area contributed by atoms with Crippen LogP contribution in [0.4, 0.5) is 4.39 Å². The molecule has 5 nitrogen and oxygen atoms in total. The lowest BCUT2D eigenvalue weighted by Crippen LogP contribution is -2.47. The summed E-state index contributed by atoms with van der Waals surface area (Å²) in [6.45, 7) is 14.1. The molecule has 154 valence electrons. The van der Waals surface area contributed by atoms with Crippen molar-refractivity contribution in [3.8, 4) is 0 Å². The second kappa shape index (κ2) is 12.5. The first kappa shape index (κ1) is 24.1. The molecule has 7 heteroatoms. The van der Waals surface area contributed by atoms with Gasteiger partial charge in [0.05, 0.1) is 6.54 Å². The third kappa shape index (κ3) is 8.74. The van der Waals surface area contributed by atoms with E-state index in [0.717, 1.165) is 57.3 Å².